The molecule has 0 saturated heterocycles. The van der Waals surface area contributed by atoms with Gasteiger partial charge in [-0.25, -0.2) is 4.79 Å². The monoisotopic (exact) mass is 441 g/mol. The Morgan fingerprint density at radius 2 is 1.91 bits per heavy atom. The third-order valence-electron chi connectivity index (χ3n) is 6.79. The number of amides is 1. The van der Waals surface area contributed by atoms with Crippen LogP contribution in [0.5, 0.6) is 0 Å². The van der Waals surface area contributed by atoms with Gasteiger partial charge in [0.05, 0.1) is 12.5 Å². The lowest BCUT2D eigenvalue weighted by atomic mass is 9.74. The van der Waals surface area contributed by atoms with Crippen molar-refractivity contribution in [2.24, 2.45) is 11.3 Å². The summed E-state index contributed by atoms with van der Waals surface area (Å²) in [5.41, 5.74) is 0.672. The molecule has 4 N–H and O–H groups in total. The van der Waals surface area contributed by atoms with E-state index in [-0.39, 0.29) is 35.3 Å². The van der Waals surface area contributed by atoms with Crippen LogP contribution in [0.4, 0.5) is 0 Å². The molecule has 2 aromatic rings. The second-order valence-electron chi connectivity index (χ2n) is 9.86. The average molecular weight is 442 g/mol. The summed E-state index contributed by atoms with van der Waals surface area (Å²) in [6.07, 6.45) is 3.89. The highest BCUT2D eigenvalue weighted by Crippen LogP contribution is 2.41. The molecule has 0 bridgehead atoms. The van der Waals surface area contributed by atoms with Gasteiger partial charge in [0.25, 0.3) is 5.56 Å². The van der Waals surface area contributed by atoms with E-state index < -0.39 is 11.2 Å². The third-order valence-corrected chi connectivity index (χ3v) is 6.79. The molecule has 0 aliphatic heterocycles. The van der Waals surface area contributed by atoms with Gasteiger partial charge in [-0.05, 0) is 55.4 Å². The van der Waals surface area contributed by atoms with Crippen molar-refractivity contribution in [2.75, 3.05) is 6.54 Å². The summed E-state index contributed by atoms with van der Waals surface area (Å²) in [7, 11) is 0. The SMILES string of the molecule is Cc1[nH]c(=O)[nH]c(=O)c1CC(=O)NC[C@@]1(C)CC[C@@H](C)C[C@H](O)C[C@@H](c2ccccc2)C1. The van der Waals surface area contributed by atoms with Crippen LogP contribution < -0.4 is 16.6 Å². The Bertz CT molecular complexity index is 1030. The Morgan fingerprint density at radius 3 is 2.59 bits per heavy atom. The zero-order valence-corrected chi connectivity index (χ0v) is 19.2. The largest absolute Gasteiger partial charge is 0.393 e. The first-order valence-electron chi connectivity index (χ1n) is 11.5. The topological polar surface area (TPSA) is 115 Å². The lowest BCUT2D eigenvalue weighted by Crippen LogP contribution is -2.39. The van der Waals surface area contributed by atoms with Crippen LogP contribution in [0.1, 0.15) is 68.7 Å². The predicted molar refractivity (Wildman–Crippen MR) is 125 cm³/mol. The average Bonchev–Trinajstić information content (AvgIpc) is 2.78. The molecule has 1 aliphatic rings. The summed E-state index contributed by atoms with van der Waals surface area (Å²) < 4.78 is 0. The zero-order chi connectivity index (χ0) is 23.3. The fourth-order valence-electron chi connectivity index (χ4n) is 4.90. The summed E-state index contributed by atoms with van der Waals surface area (Å²) >= 11 is 0. The maximum atomic E-state index is 12.7. The zero-order valence-electron chi connectivity index (χ0n) is 19.2. The summed E-state index contributed by atoms with van der Waals surface area (Å²) in [4.78, 5) is 40.9. The Balaban J connectivity index is 1.74. The second kappa shape index (κ2) is 10.3. The van der Waals surface area contributed by atoms with Crippen molar-refractivity contribution in [3.05, 3.63) is 68.0 Å². The lowest BCUT2D eigenvalue weighted by Gasteiger charge is -2.34. The number of rotatable bonds is 5. The first-order chi connectivity index (χ1) is 15.1. The fraction of sp³-hybridized carbons (Fsp3) is 0.560. The number of aryl methyl sites for hydroxylation is 1. The summed E-state index contributed by atoms with van der Waals surface area (Å²) in [5, 5.41) is 13.7. The van der Waals surface area contributed by atoms with Gasteiger partial charge in [-0.15, -0.1) is 0 Å². The first-order valence-corrected chi connectivity index (χ1v) is 11.5. The van der Waals surface area contributed by atoms with E-state index in [2.05, 4.69) is 41.3 Å². The van der Waals surface area contributed by atoms with Crippen LogP contribution in [0.15, 0.2) is 39.9 Å². The van der Waals surface area contributed by atoms with Gasteiger partial charge < -0.3 is 15.4 Å². The molecule has 1 amide bonds. The smallest absolute Gasteiger partial charge is 0.325 e. The van der Waals surface area contributed by atoms with Crippen LogP contribution in [-0.2, 0) is 11.2 Å². The molecule has 3 rings (SSSR count). The van der Waals surface area contributed by atoms with Crippen molar-refractivity contribution < 1.29 is 9.90 Å². The van der Waals surface area contributed by atoms with Crippen molar-refractivity contribution in [1.82, 2.24) is 15.3 Å². The molecule has 1 saturated carbocycles. The van der Waals surface area contributed by atoms with E-state index >= 15 is 0 Å². The van der Waals surface area contributed by atoms with Crippen LogP contribution in [0.2, 0.25) is 0 Å². The summed E-state index contributed by atoms with van der Waals surface area (Å²) in [6.45, 7) is 6.50. The summed E-state index contributed by atoms with van der Waals surface area (Å²) in [6, 6.07) is 10.3. The van der Waals surface area contributed by atoms with Gasteiger partial charge in [0.1, 0.15) is 0 Å². The second-order valence-corrected chi connectivity index (χ2v) is 9.86. The number of benzene rings is 1. The van der Waals surface area contributed by atoms with Gasteiger partial charge in [-0.1, -0.05) is 50.6 Å². The molecular weight excluding hydrogens is 406 g/mol. The van der Waals surface area contributed by atoms with E-state index in [0.29, 0.717) is 24.6 Å². The highest BCUT2D eigenvalue weighted by Gasteiger charge is 2.33. The Hall–Kier alpha value is -2.67. The molecule has 7 heteroatoms. The van der Waals surface area contributed by atoms with Crippen LogP contribution >= 0.6 is 0 Å². The van der Waals surface area contributed by atoms with Gasteiger partial charge in [0.15, 0.2) is 0 Å². The van der Waals surface area contributed by atoms with E-state index in [0.717, 1.165) is 25.7 Å². The van der Waals surface area contributed by atoms with Gasteiger partial charge in [-0.2, -0.15) is 0 Å². The van der Waals surface area contributed by atoms with E-state index in [1.165, 1.54) is 5.56 Å². The van der Waals surface area contributed by atoms with Crippen LogP contribution in [0.25, 0.3) is 0 Å². The van der Waals surface area contributed by atoms with Gasteiger partial charge in [0, 0.05) is 17.8 Å². The molecule has 4 atom stereocenters. The molecule has 0 radical (unpaired) electrons. The molecule has 1 heterocycles. The number of hydrogen-bond donors (Lipinski definition) is 4. The normalized spacial score (nSPS) is 26.6. The minimum absolute atomic E-state index is 0.0781. The molecule has 1 fully saturated rings. The maximum absolute atomic E-state index is 12.7. The molecule has 1 aromatic carbocycles. The number of nitrogens with one attached hydrogen (secondary N) is 3. The minimum atomic E-state index is -0.571. The van der Waals surface area contributed by atoms with E-state index in [1.54, 1.807) is 6.92 Å². The lowest BCUT2D eigenvalue weighted by molar-refractivity contribution is -0.121. The molecule has 0 spiro atoms. The standard InChI is InChI=1S/C25H35N3O4/c1-16-9-10-25(3,14-19(12-20(29)11-16)18-7-5-4-6-8-18)15-26-22(30)13-21-17(2)27-24(32)28-23(21)31/h4-8,16,19-20,29H,9-15H2,1-3H3,(H,26,30)(H2,27,28,31,32)/t16-,19-,20+,25+/m1/s1. The highest BCUT2D eigenvalue weighted by atomic mass is 16.3. The fourth-order valence-corrected chi connectivity index (χ4v) is 4.90. The molecule has 0 unspecified atom stereocenters. The molecule has 1 aliphatic carbocycles. The van der Waals surface area contributed by atoms with Gasteiger partial charge in [-0.3, -0.25) is 14.6 Å². The third kappa shape index (κ3) is 6.42. The van der Waals surface area contributed by atoms with E-state index in [4.69, 9.17) is 0 Å². The quantitative estimate of drug-likeness (QED) is 0.571. The van der Waals surface area contributed by atoms with Gasteiger partial charge >= 0.3 is 5.69 Å². The number of aromatic nitrogens is 2. The number of carbonyl (C=O) groups is 1. The Labute approximate surface area is 188 Å². The Kier molecular flexibility index (Phi) is 7.72. The van der Waals surface area contributed by atoms with Crippen molar-refractivity contribution >= 4 is 5.91 Å². The van der Waals surface area contributed by atoms with Crippen molar-refractivity contribution in [1.29, 1.82) is 0 Å². The number of H-pyrrole nitrogens is 2. The number of carbonyl (C=O) groups excluding carboxylic acids is 1. The number of aliphatic hydroxyl groups excluding tert-OH is 1. The minimum Gasteiger partial charge on any atom is -0.393 e. The molecule has 32 heavy (non-hydrogen) atoms. The molecule has 1 aromatic heterocycles. The van der Waals surface area contributed by atoms with Crippen molar-refractivity contribution in [2.45, 2.75) is 71.3 Å². The summed E-state index contributed by atoms with van der Waals surface area (Å²) in [5.74, 6) is 0.385. The maximum Gasteiger partial charge on any atom is 0.325 e. The molecular formula is C25H35N3O4. The van der Waals surface area contributed by atoms with E-state index in [9.17, 15) is 19.5 Å². The first kappa shape index (κ1) is 24.0. The van der Waals surface area contributed by atoms with Crippen molar-refractivity contribution in [3.8, 4) is 0 Å². The van der Waals surface area contributed by atoms with E-state index in [1.807, 2.05) is 18.2 Å². The van der Waals surface area contributed by atoms with Gasteiger partial charge in [0.2, 0.25) is 5.91 Å². The van der Waals surface area contributed by atoms with Crippen LogP contribution in [-0.4, -0.2) is 33.6 Å². The highest BCUT2D eigenvalue weighted by molar-refractivity contribution is 5.78. The number of aliphatic hydroxyl groups is 1. The molecule has 174 valence electrons. The number of hydrogen-bond acceptors (Lipinski definition) is 4. The Morgan fingerprint density at radius 1 is 1.19 bits per heavy atom. The molecule has 7 nitrogen and oxygen atoms in total. The van der Waals surface area contributed by atoms with Crippen molar-refractivity contribution in [3.63, 3.8) is 0 Å². The van der Waals surface area contributed by atoms with Crippen LogP contribution in [0.3, 0.4) is 0 Å². The predicted octanol–water partition coefficient (Wildman–Crippen LogP) is 2.78. The van der Waals surface area contributed by atoms with Crippen LogP contribution in [0, 0.1) is 18.3 Å². The number of aromatic amines is 2.